The van der Waals surface area contributed by atoms with Gasteiger partial charge in [0.05, 0.1) is 23.5 Å². The van der Waals surface area contributed by atoms with Gasteiger partial charge in [0.25, 0.3) is 0 Å². The largest absolute Gasteiger partial charge is 0.495 e. The number of aromatic nitrogens is 2. The molecule has 0 amide bonds. The van der Waals surface area contributed by atoms with Crippen LogP contribution in [-0.4, -0.2) is 23.6 Å². The van der Waals surface area contributed by atoms with Gasteiger partial charge in [0.15, 0.2) is 5.13 Å². The molecular formula is C18H18ClN3OS. The first-order chi connectivity index (χ1) is 11.7. The number of fused-ring (bicyclic) bond motifs is 1. The number of benzene rings is 1. The fourth-order valence-electron chi connectivity index (χ4n) is 3.16. The molecule has 0 unspecified atom stereocenters. The summed E-state index contributed by atoms with van der Waals surface area (Å²) in [5.74, 6) is 0.796. The van der Waals surface area contributed by atoms with Gasteiger partial charge >= 0.3 is 0 Å². The number of ether oxygens (including phenoxy) is 1. The first-order valence-electron chi connectivity index (χ1n) is 7.99. The Morgan fingerprint density at radius 2 is 2.17 bits per heavy atom. The molecule has 1 aliphatic carbocycles. The van der Waals surface area contributed by atoms with E-state index in [-0.39, 0.29) is 5.41 Å². The Kier molecular flexibility index (Phi) is 4.06. The monoisotopic (exact) mass is 359 g/mol. The lowest BCUT2D eigenvalue weighted by Gasteiger charge is -2.41. The molecule has 0 spiro atoms. The maximum Gasteiger partial charge on any atom is 0.183 e. The second-order valence-corrected chi connectivity index (χ2v) is 7.67. The molecule has 1 saturated carbocycles. The molecule has 0 radical (unpaired) electrons. The Labute approximate surface area is 149 Å². The van der Waals surface area contributed by atoms with E-state index in [0.717, 1.165) is 51.2 Å². The number of rotatable bonds is 5. The SMILES string of the molecule is COc1ccc(C2(CNc3nc4ccc(Cl)cc4s3)CCC2)nc1. The molecule has 24 heavy (non-hydrogen) atoms. The van der Waals surface area contributed by atoms with Gasteiger partial charge in [0.1, 0.15) is 5.75 Å². The standard InChI is InChI=1S/C18H18ClN3OS/c1-23-13-4-6-16(20-10-13)18(7-2-8-18)11-21-17-22-14-5-3-12(19)9-15(14)24-17/h3-6,9-10H,2,7-8,11H2,1H3,(H,21,22). The van der Waals surface area contributed by atoms with E-state index in [1.807, 2.05) is 24.3 Å². The fraction of sp³-hybridized carbons (Fsp3) is 0.333. The predicted octanol–water partition coefficient (Wildman–Crippen LogP) is 4.89. The third-order valence-electron chi connectivity index (χ3n) is 4.75. The van der Waals surface area contributed by atoms with Gasteiger partial charge in [-0.05, 0) is 43.2 Å². The molecule has 2 heterocycles. The van der Waals surface area contributed by atoms with Crippen LogP contribution in [0.25, 0.3) is 10.2 Å². The van der Waals surface area contributed by atoms with E-state index in [4.69, 9.17) is 16.3 Å². The molecular weight excluding hydrogens is 342 g/mol. The summed E-state index contributed by atoms with van der Waals surface area (Å²) in [4.78, 5) is 9.26. The van der Waals surface area contributed by atoms with Gasteiger partial charge in [-0.2, -0.15) is 0 Å². The summed E-state index contributed by atoms with van der Waals surface area (Å²) in [5, 5.41) is 5.20. The molecule has 1 N–H and O–H groups in total. The van der Waals surface area contributed by atoms with Crippen molar-refractivity contribution in [1.29, 1.82) is 0 Å². The first-order valence-corrected chi connectivity index (χ1v) is 9.18. The highest BCUT2D eigenvalue weighted by Gasteiger charge is 2.40. The third kappa shape index (κ3) is 2.82. The van der Waals surface area contributed by atoms with Crippen LogP contribution in [0.1, 0.15) is 25.0 Å². The third-order valence-corrected chi connectivity index (χ3v) is 5.97. The average molecular weight is 360 g/mol. The summed E-state index contributed by atoms with van der Waals surface area (Å²) in [5.41, 5.74) is 2.21. The van der Waals surface area contributed by atoms with Crippen molar-refractivity contribution in [2.45, 2.75) is 24.7 Å². The number of nitrogens with zero attached hydrogens (tertiary/aromatic N) is 2. The van der Waals surface area contributed by atoms with E-state index in [0.29, 0.717) is 0 Å². The van der Waals surface area contributed by atoms with Gasteiger partial charge in [-0.1, -0.05) is 29.4 Å². The minimum Gasteiger partial charge on any atom is -0.495 e. The molecule has 0 saturated heterocycles. The number of nitrogens with one attached hydrogen (secondary N) is 1. The number of hydrogen-bond acceptors (Lipinski definition) is 5. The second kappa shape index (κ2) is 6.22. The van der Waals surface area contributed by atoms with Gasteiger partial charge < -0.3 is 10.1 Å². The minimum absolute atomic E-state index is 0.0990. The molecule has 0 bridgehead atoms. The minimum atomic E-state index is 0.0990. The Hall–Kier alpha value is -1.85. The topological polar surface area (TPSA) is 47.0 Å². The predicted molar refractivity (Wildman–Crippen MR) is 99.4 cm³/mol. The van der Waals surface area contributed by atoms with Gasteiger partial charge in [0.2, 0.25) is 0 Å². The molecule has 0 atom stereocenters. The molecule has 3 aromatic rings. The highest BCUT2D eigenvalue weighted by atomic mass is 35.5. The lowest BCUT2D eigenvalue weighted by molar-refractivity contribution is 0.252. The second-order valence-electron chi connectivity index (χ2n) is 6.20. The molecule has 1 aromatic carbocycles. The van der Waals surface area contributed by atoms with Crippen LogP contribution in [0.5, 0.6) is 5.75 Å². The van der Waals surface area contributed by atoms with Crippen molar-refractivity contribution >= 4 is 38.3 Å². The van der Waals surface area contributed by atoms with Crippen LogP contribution in [0, 0.1) is 0 Å². The van der Waals surface area contributed by atoms with Crippen LogP contribution in [0.15, 0.2) is 36.5 Å². The summed E-state index contributed by atoms with van der Waals surface area (Å²) < 4.78 is 6.32. The van der Waals surface area contributed by atoms with E-state index in [2.05, 4.69) is 21.4 Å². The number of halogens is 1. The summed E-state index contributed by atoms with van der Waals surface area (Å²) >= 11 is 7.69. The molecule has 0 aliphatic heterocycles. The molecule has 1 aliphatic rings. The lowest BCUT2D eigenvalue weighted by atomic mass is 9.66. The van der Waals surface area contributed by atoms with Gasteiger partial charge in [0, 0.05) is 22.7 Å². The van der Waals surface area contributed by atoms with Crippen molar-refractivity contribution in [3.8, 4) is 5.75 Å². The highest BCUT2D eigenvalue weighted by Crippen LogP contribution is 2.43. The molecule has 124 valence electrons. The van der Waals surface area contributed by atoms with Crippen molar-refractivity contribution in [1.82, 2.24) is 9.97 Å². The zero-order chi connectivity index (χ0) is 16.6. The van der Waals surface area contributed by atoms with Crippen LogP contribution in [0.4, 0.5) is 5.13 Å². The van der Waals surface area contributed by atoms with Crippen LogP contribution in [-0.2, 0) is 5.41 Å². The zero-order valence-electron chi connectivity index (χ0n) is 13.4. The Bertz CT molecular complexity index is 858. The van der Waals surface area contributed by atoms with Crippen LogP contribution < -0.4 is 10.1 Å². The number of thiazole rings is 1. The summed E-state index contributed by atoms with van der Waals surface area (Å²) in [6.07, 6.45) is 5.34. The smallest absolute Gasteiger partial charge is 0.183 e. The van der Waals surface area contributed by atoms with E-state index in [1.54, 1.807) is 24.6 Å². The zero-order valence-corrected chi connectivity index (χ0v) is 15.0. The van der Waals surface area contributed by atoms with Crippen molar-refractivity contribution in [3.63, 3.8) is 0 Å². The molecule has 2 aromatic heterocycles. The molecule has 6 heteroatoms. The van der Waals surface area contributed by atoms with Crippen LogP contribution in [0.3, 0.4) is 0 Å². The molecule has 1 fully saturated rings. The number of anilines is 1. The van der Waals surface area contributed by atoms with Crippen LogP contribution in [0.2, 0.25) is 5.02 Å². The van der Waals surface area contributed by atoms with E-state index >= 15 is 0 Å². The van der Waals surface area contributed by atoms with Crippen molar-refractivity contribution in [2.24, 2.45) is 0 Å². The summed E-state index contributed by atoms with van der Waals surface area (Å²) in [7, 11) is 1.66. The normalized spacial score (nSPS) is 15.9. The van der Waals surface area contributed by atoms with Gasteiger partial charge in [-0.25, -0.2) is 4.98 Å². The van der Waals surface area contributed by atoms with E-state index < -0.39 is 0 Å². The summed E-state index contributed by atoms with van der Waals surface area (Å²) in [6.45, 7) is 0.847. The van der Waals surface area contributed by atoms with Crippen molar-refractivity contribution in [3.05, 3.63) is 47.2 Å². The maximum absolute atomic E-state index is 6.05. The van der Waals surface area contributed by atoms with E-state index in [1.165, 1.54) is 6.42 Å². The van der Waals surface area contributed by atoms with Gasteiger partial charge in [-0.3, -0.25) is 4.98 Å². The molecule has 4 rings (SSSR count). The number of methoxy groups -OCH3 is 1. The first kappa shape index (κ1) is 15.7. The summed E-state index contributed by atoms with van der Waals surface area (Å²) in [6, 6.07) is 9.87. The Balaban J connectivity index is 1.53. The Morgan fingerprint density at radius 1 is 1.29 bits per heavy atom. The number of pyridine rings is 1. The van der Waals surface area contributed by atoms with Gasteiger partial charge in [-0.15, -0.1) is 0 Å². The maximum atomic E-state index is 6.05. The van der Waals surface area contributed by atoms with Crippen LogP contribution >= 0.6 is 22.9 Å². The fourth-order valence-corrected chi connectivity index (χ4v) is 4.30. The highest BCUT2D eigenvalue weighted by molar-refractivity contribution is 7.22. The van der Waals surface area contributed by atoms with Crippen molar-refractivity contribution in [2.75, 3.05) is 19.0 Å². The Morgan fingerprint density at radius 3 is 2.83 bits per heavy atom. The lowest BCUT2D eigenvalue weighted by Crippen LogP contribution is -2.41. The molecule has 4 nitrogen and oxygen atoms in total. The quantitative estimate of drug-likeness (QED) is 0.704. The van der Waals surface area contributed by atoms with Crippen molar-refractivity contribution < 1.29 is 4.74 Å². The number of hydrogen-bond donors (Lipinski definition) is 1. The average Bonchev–Trinajstić information content (AvgIpc) is 2.96. The van der Waals surface area contributed by atoms with E-state index in [9.17, 15) is 0 Å².